The van der Waals surface area contributed by atoms with Crippen molar-refractivity contribution in [3.05, 3.63) is 125 Å². The molecule has 1 aliphatic rings. The Kier molecular flexibility index (Phi) is 3.23. The van der Waals surface area contributed by atoms with Gasteiger partial charge in [0.1, 0.15) is 5.75 Å². The van der Waals surface area contributed by atoms with Gasteiger partial charge in [-0.3, -0.25) is 0 Å². The molecule has 0 saturated carbocycles. The summed E-state index contributed by atoms with van der Waals surface area (Å²) in [6, 6.07) is 35.6. The SMILES string of the molecule is Oc1ccc2c(c1)-c1ccccc1C2(c1ccccc1)c1ccccc1. The van der Waals surface area contributed by atoms with Crippen molar-refractivity contribution in [1.29, 1.82) is 0 Å². The molecule has 0 aliphatic heterocycles. The smallest absolute Gasteiger partial charge is 0.116 e. The predicted molar refractivity (Wildman–Crippen MR) is 105 cm³/mol. The minimum absolute atomic E-state index is 0.301. The zero-order valence-corrected chi connectivity index (χ0v) is 14.3. The highest BCUT2D eigenvalue weighted by molar-refractivity contribution is 5.86. The molecule has 124 valence electrons. The first-order valence-electron chi connectivity index (χ1n) is 8.86. The number of phenols is 1. The average molecular weight is 334 g/mol. The van der Waals surface area contributed by atoms with E-state index in [1.807, 2.05) is 6.07 Å². The van der Waals surface area contributed by atoms with Crippen LogP contribution in [0.25, 0.3) is 11.1 Å². The average Bonchev–Trinajstić information content (AvgIpc) is 3.00. The molecule has 1 heteroatoms. The summed E-state index contributed by atoms with van der Waals surface area (Å²) in [6.45, 7) is 0. The lowest BCUT2D eigenvalue weighted by Gasteiger charge is -2.33. The van der Waals surface area contributed by atoms with E-state index < -0.39 is 0 Å². The van der Waals surface area contributed by atoms with Crippen molar-refractivity contribution in [1.82, 2.24) is 0 Å². The molecule has 0 radical (unpaired) electrons. The molecule has 0 aromatic heterocycles. The fraction of sp³-hybridized carbons (Fsp3) is 0.0400. The Hall–Kier alpha value is -3.32. The van der Waals surface area contributed by atoms with E-state index in [0.717, 1.165) is 5.56 Å². The molecule has 0 bridgehead atoms. The summed E-state index contributed by atoms with van der Waals surface area (Å²) in [5.74, 6) is 0.301. The molecule has 26 heavy (non-hydrogen) atoms. The topological polar surface area (TPSA) is 20.2 Å². The van der Waals surface area contributed by atoms with E-state index in [1.165, 1.54) is 27.8 Å². The van der Waals surface area contributed by atoms with Crippen LogP contribution in [0.2, 0.25) is 0 Å². The summed E-state index contributed by atoms with van der Waals surface area (Å²) in [6.07, 6.45) is 0. The Morgan fingerprint density at radius 3 is 1.69 bits per heavy atom. The van der Waals surface area contributed by atoms with Gasteiger partial charge in [-0.25, -0.2) is 0 Å². The van der Waals surface area contributed by atoms with E-state index in [4.69, 9.17) is 0 Å². The molecule has 4 aromatic carbocycles. The molecule has 0 atom stereocenters. The standard InChI is InChI=1S/C25H18O/c26-20-15-16-24-22(17-20)21-13-7-8-14-23(21)25(24,18-9-3-1-4-10-18)19-11-5-2-6-12-19/h1-17,26H. The minimum atomic E-state index is -0.373. The number of hydrogen-bond donors (Lipinski definition) is 1. The summed E-state index contributed by atoms with van der Waals surface area (Å²) < 4.78 is 0. The van der Waals surface area contributed by atoms with Crippen molar-refractivity contribution in [2.45, 2.75) is 5.41 Å². The maximum absolute atomic E-state index is 10.1. The maximum Gasteiger partial charge on any atom is 0.116 e. The third-order valence-corrected chi connectivity index (χ3v) is 5.44. The highest BCUT2D eigenvalue weighted by Crippen LogP contribution is 2.56. The Morgan fingerprint density at radius 2 is 1.04 bits per heavy atom. The van der Waals surface area contributed by atoms with Crippen molar-refractivity contribution >= 4 is 0 Å². The van der Waals surface area contributed by atoms with Crippen molar-refractivity contribution < 1.29 is 5.11 Å². The summed E-state index contributed by atoms with van der Waals surface area (Å²) in [5, 5.41) is 10.1. The number of hydrogen-bond acceptors (Lipinski definition) is 1. The summed E-state index contributed by atoms with van der Waals surface area (Å²) >= 11 is 0. The highest BCUT2D eigenvalue weighted by Gasteiger charge is 2.45. The normalized spacial score (nSPS) is 13.8. The molecular formula is C25H18O. The Bertz CT molecular complexity index is 1040. The van der Waals surface area contributed by atoms with Gasteiger partial charge in [-0.15, -0.1) is 0 Å². The quantitative estimate of drug-likeness (QED) is 0.435. The van der Waals surface area contributed by atoms with Crippen LogP contribution in [0.3, 0.4) is 0 Å². The Labute approximate surface area is 153 Å². The van der Waals surface area contributed by atoms with Crippen LogP contribution < -0.4 is 0 Å². The molecule has 0 saturated heterocycles. The van der Waals surface area contributed by atoms with Gasteiger partial charge in [0.15, 0.2) is 0 Å². The van der Waals surface area contributed by atoms with Crippen molar-refractivity contribution in [3.63, 3.8) is 0 Å². The van der Waals surface area contributed by atoms with E-state index in [1.54, 1.807) is 6.07 Å². The fourth-order valence-corrected chi connectivity index (χ4v) is 4.44. The van der Waals surface area contributed by atoms with Gasteiger partial charge in [0.25, 0.3) is 0 Å². The fourth-order valence-electron chi connectivity index (χ4n) is 4.44. The van der Waals surface area contributed by atoms with Crippen LogP contribution in [0.15, 0.2) is 103 Å². The molecule has 1 nitrogen and oxygen atoms in total. The molecule has 5 rings (SSSR count). The van der Waals surface area contributed by atoms with Gasteiger partial charge in [-0.05, 0) is 45.5 Å². The summed E-state index contributed by atoms with van der Waals surface area (Å²) in [7, 11) is 0. The molecule has 0 unspecified atom stereocenters. The van der Waals surface area contributed by atoms with Crippen LogP contribution in [0, 0.1) is 0 Å². The lowest BCUT2D eigenvalue weighted by molar-refractivity contribution is 0.475. The first-order valence-corrected chi connectivity index (χ1v) is 8.86. The van der Waals surface area contributed by atoms with Gasteiger partial charge in [0.05, 0.1) is 5.41 Å². The van der Waals surface area contributed by atoms with Crippen LogP contribution in [-0.4, -0.2) is 5.11 Å². The largest absolute Gasteiger partial charge is 0.508 e. The van der Waals surface area contributed by atoms with Gasteiger partial charge in [-0.2, -0.15) is 0 Å². The first kappa shape index (κ1) is 15.0. The number of phenolic OH excluding ortho intramolecular Hbond substituents is 1. The third kappa shape index (κ3) is 1.91. The Balaban J connectivity index is 1.98. The van der Waals surface area contributed by atoms with Crippen LogP contribution in [-0.2, 0) is 5.41 Å². The number of benzene rings is 4. The third-order valence-electron chi connectivity index (χ3n) is 5.44. The second-order valence-electron chi connectivity index (χ2n) is 6.76. The molecule has 0 heterocycles. The number of rotatable bonds is 2. The second-order valence-corrected chi connectivity index (χ2v) is 6.76. The summed E-state index contributed by atoms with van der Waals surface area (Å²) in [5.41, 5.74) is 6.87. The van der Waals surface area contributed by atoms with E-state index in [2.05, 4.69) is 91.0 Å². The van der Waals surface area contributed by atoms with Crippen LogP contribution in [0.4, 0.5) is 0 Å². The molecule has 0 fully saturated rings. The lowest BCUT2D eigenvalue weighted by Crippen LogP contribution is -2.28. The van der Waals surface area contributed by atoms with Gasteiger partial charge >= 0.3 is 0 Å². The Morgan fingerprint density at radius 1 is 0.500 bits per heavy atom. The molecular weight excluding hydrogens is 316 g/mol. The number of aromatic hydroxyl groups is 1. The van der Waals surface area contributed by atoms with Crippen LogP contribution in [0.5, 0.6) is 5.75 Å². The van der Waals surface area contributed by atoms with Gasteiger partial charge < -0.3 is 5.11 Å². The van der Waals surface area contributed by atoms with Crippen LogP contribution in [0.1, 0.15) is 22.3 Å². The molecule has 0 amide bonds. The second kappa shape index (κ2) is 5.60. The van der Waals surface area contributed by atoms with Crippen molar-refractivity contribution in [2.24, 2.45) is 0 Å². The summed E-state index contributed by atoms with van der Waals surface area (Å²) in [4.78, 5) is 0. The zero-order chi connectivity index (χ0) is 17.6. The van der Waals surface area contributed by atoms with Gasteiger partial charge in [-0.1, -0.05) is 91.0 Å². The molecule has 0 spiro atoms. The van der Waals surface area contributed by atoms with E-state index in [9.17, 15) is 5.11 Å². The van der Waals surface area contributed by atoms with Gasteiger partial charge in [0, 0.05) is 0 Å². The van der Waals surface area contributed by atoms with Crippen molar-refractivity contribution in [2.75, 3.05) is 0 Å². The first-order chi connectivity index (χ1) is 12.8. The lowest BCUT2D eigenvalue weighted by atomic mass is 9.68. The number of fused-ring (bicyclic) bond motifs is 3. The maximum atomic E-state index is 10.1. The monoisotopic (exact) mass is 334 g/mol. The minimum Gasteiger partial charge on any atom is -0.508 e. The van der Waals surface area contributed by atoms with Crippen molar-refractivity contribution in [3.8, 4) is 16.9 Å². The van der Waals surface area contributed by atoms with E-state index in [0.29, 0.717) is 5.75 Å². The van der Waals surface area contributed by atoms with Crippen LogP contribution >= 0.6 is 0 Å². The molecule has 1 N–H and O–H groups in total. The van der Waals surface area contributed by atoms with Gasteiger partial charge in [0.2, 0.25) is 0 Å². The van der Waals surface area contributed by atoms with E-state index in [-0.39, 0.29) is 5.41 Å². The molecule has 1 aliphatic carbocycles. The zero-order valence-electron chi connectivity index (χ0n) is 14.3. The highest BCUT2D eigenvalue weighted by atomic mass is 16.3. The van der Waals surface area contributed by atoms with E-state index >= 15 is 0 Å². The molecule has 4 aromatic rings. The predicted octanol–water partition coefficient (Wildman–Crippen LogP) is 5.76.